The van der Waals surface area contributed by atoms with Crippen molar-refractivity contribution in [2.45, 2.75) is 25.4 Å². The van der Waals surface area contributed by atoms with E-state index < -0.39 is 15.4 Å². The number of terminal acetylenes is 1. The summed E-state index contributed by atoms with van der Waals surface area (Å²) in [5.41, 5.74) is -0.294. The fourth-order valence-corrected chi connectivity index (χ4v) is 3.95. The van der Waals surface area contributed by atoms with Gasteiger partial charge in [0.2, 0.25) is 0 Å². The second-order valence-corrected chi connectivity index (χ2v) is 7.27. The molecule has 8 heteroatoms. The number of nitrogens with one attached hydrogen (secondary N) is 1. The number of anilines is 1. The Morgan fingerprint density at radius 3 is 3.00 bits per heavy atom. The second-order valence-electron chi connectivity index (χ2n) is 4.63. The van der Waals surface area contributed by atoms with Crippen LogP contribution >= 0.6 is 11.6 Å². The van der Waals surface area contributed by atoms with Gasteiger partial charge in [-0.15, -0.1) is 6.42 Å². The van der Waals surface area contributed by atoms with E-state index >= 15 is 0 Å². The Morgan fingerprint density at radius 2 is 2.35 bits per heavy atom. The zero-order valence-corrected chi connectivity index (χ0v) is 12.2. The summed E-state index contributed by atoms with van der Waals surface area (Å²) in [5, 5.41) is 6.90. The molecule has 1 atom stereocenters. The average molecular weight is 316 g/mol. The van der Waals surface area contributed by atoms with Gasteiger partial charge in [0.1, 0.15) is 12.2 Å². The predicted molar refractivity (Wildman–Crippen MR) is 77.6 cm³/mol. The van der Waals surface area contributed by atoms with Crippen LogP contribution in [0, 0.1) is 12.3 Å². The van der Waals surface area contributed by atoms with E-state index in [1.54, 1.807) is 0 Å². The molecule has 0 amide bonds. The van der Waals surface area contributed by atoms with Crippen LogP contribution in [0.5, 0.6) is 0 Å². The Hall–Kier alpha value is -1.52. The van der Waals surface area contributed by atoms with Gasteiger partial charge >= 0.3 is 0 Å². The lowest BCUT2D eigenvalue weighted by Gasteiger charge is -2.24. The van der Waals surface area contributed by atoms with Crippen molar-refractivity contribution in [1.82, 2.24) is 9.78 Å². The van der Waals surface area contributed by atoms with Gasteiger partial charge in [0, 0.05) is 6.04 Å². The SMILES string of the molecule is C#CCn1ncc(Cl)c(NC2CCCS(=O)(=O)C2)c1=O. The first kappa shape index (κ1) is 14.9. The summed E-state index contributed by atoms with van der Waals surface area (Å²) in [5.74, 6) is 2.51. The quantitative estimate of drug-likeness (QED) is 0.822. The maximum absolute atomic E-state index is 12.1. The highest BCUT2D eigenvalue weighted by atomic mass is 35.5. The molecule has 1 aliphatic rings. The Labute approximate surface area is 122 Å². The largest absolute Gasteiger partial charge is 0.376 e. The third kappa shape index (κ3) is 3.32. The number of nitrogens with zero attached hydrogens (tertiary/aromatic N) is 2. The van der Waals surface area contributed by atoms with Crippen LogP contribution in [-0.4, -0.2) is 35.7 Å². The van der Waals surface area contributed by atoms with E-state index in [2.05, 4.69) is 16.3 Å². The van der Waals surface area contributed by atoms with E-state index in [4.69, 9.17) is 18.0 Å². The minimum absolute atomic E-state index is 0.000229. The molecule has 2 rings (SSSR count). The van der Waals surface area contributed by atoms with Crippen LogP contribution in [0.25, 0.3) is 0 Å². The molecule has 1 saturated heterocycles. The van der Waals surface area contributed by atoms with Gasteiger partial charge in [-0.05, 0) is 12.8 Å². The summed E-state index contributed by atoms with van der Waals surface area (Å²) in [6.45, 7) is 0.0354. The summed E-state index contributed by atoms with van der Waals surface area (Å²) >= 11 is 5.95. The molecule has 1 N–H and O–H groups in total. The maximum atomic E-state index is 12.1. The van der Waals surface area contributed by atoms with E-state index in [1.165, 1.54) is 6.20 Å². The minimum Gasteiger partial charge on any atom is -0.376 e. The molecule has 1 aromatic heterocycles. The fraction of sp³-hybridized carbons (Fsp3) is 0.500. The van der Waals surface area contributed by atoms with Crippen molar-refractivity contribution in [2.75, 3.05) is 16.8 Å². The van der Waals surface area contributed by atoms with Gasteiger partial charge in [0.05, 0.1) is 22.7 Å². The number of aromatic nitrogens is 2. The van der Waals surface area contributed by atoms with Crippen molar-refractivity contribution in [1.29, 1.82) is 0 Å². The lowest BCUT2D eigenvalue weighted by atomic mass is 10.2. The monoisotopic (exact) mass is 315 g/mol. The van der Waals surface area contributed by atoms with Crippen molar-refractivity contribution in [2.24, 2.45) is 0 Å². The van der Waals surface area contributed by atoms with E-state index in [0.29, 0.717) is 12.8 Å². The second kappa shape index (κ2) is 5.85. The Balaban J connectivity index is 2.27. The molecular weight excluding hydrogens is 302 g/mol. The van der Waals surface area contributed by atoms with Gasteiger partial charge in [-0.1, -0.05) is 17.5 Å². The number of rotatable bonds is 3. The van der Waals surface area contributed by atoms with Crippen molar-refractivity contribution in [3.05, 3.63) is 21.6 Å². The van der Waals surface area contributed by atoms with E-state index in [1.807, 2.05) is 0 Å². The molecule has 1 fully saturated rings. The number of sulfone groups is 1. The molecule has 0 aliphatic carbocycles. The third-order valence-corrected chi connectivity index (χ3v) is 5.16. The van der Waals surface area contributed by atoms with Crippen molar-refractivity contribution in [3.8, 4) is 12.3 Å². The standard InChI is InChI=1S/C12H14ClN3O3S/c1-2-5-16-12(17)11(10(13)7-14-16)15-9-4-3-6-20(18,19)8-9/h1,7,9,15H,3-6,8H2. The molecule has 6 nitrogen and oxygen atoms in total. The molecule has 0 spiro atoms. The molecule has 20 heavy (non-hydrogen) atoms. The molecule has 0 aromatic carbocycles. The van der Waals surface area contributed by atoms with Gasteiger partial charge in [-0.3, -0.25) is 4.79 Å². The normalized spacial score (nSPS) is 21.1. The lowest BCUT2D eigenvalue weighted by molar-refractivity contribution is 0.561. The van der Waals surface area contributed by atoms with Crippen LogP contribution in [0.3, 0.4) is 0 Å². The first-order valence-corrected chi connectivity index (χ1v) is 8.29. The Morgan fingerprint density at radius 1 is 1.60 bits per heavy atom. The highest BCUT2D eigenvalue weighted by molar-refractivity contribution is 7.91. The van der Waals surface area contributed by atoms with Crippen molar-refractivity contribution in [3.63, 3.8) is 0 Å². The summed E-state index contributed by atoms with van der Waals surface area (Å²) < 4.78 is 24.3. The minimum atomic E-state index is -3.06. The van der Waals surface area contributed by atoms with Crippen LogP contribution in [0.4, 0.5) is 5.69 Å². The van der Waals surface area contributed by atoms with Crippen LogP contribution in [0.2, 0.25) is 5.02 Å². The molecule has 2 heterocycles. The van der Waals surface area contributed by atoms with Crippen molar-refractivity contribution < 1.29 is 8.42 Å². The highest BCUT2D eigenvalue weighted by Crippen LogP contribution is 2.20. The molecular formula is C12H14ClN3O3S. The van der Waals surface area contributed by atoms with Crippen LogP contribution in [0.1, 0.15) is 12.8 Å². The first-order valence-electron chi connectivity index (χ1n) is 6.09. The van der Waals surface area contributed by atoms with Crippen molar-refractivity contribution >= 4 is 27.1 Å². The van der Waals surface area contributed by atoms with Gasteiger partial charge in [0.25, 0.3) is 5.56 Å². The van der Waals surface area contributed by atoms with Gasteiger partial charge < -0.3 is 5.32 Å². The van der Waals surface area contributed by atoms with Crippen LogP contribution < -0.4 is 10.9 Å². The van der Waals surface area contributed by atoms with Gasteiger partial charge in [0.15, 0.2) is 9.84 Å². The van der Waals surface area contributed by atoms with Gasteiger partial charge in [-0.2, -0.15) is 5.10 Å². The molecule has 1 aliphatic heterocycles. The fourth-order valence-electron chi connectivity index (χ4n) is 2.14. The third-order valence-electron chi connectivity index (χ3n) is 3.05. The summed E-state index contributed by atoms with van der Waals surface area (Å²) in [7, 11) is -3.06. The summed E-state index contributed by atoms with van der Waals surface area (Å²) in [6, 6.07) is -0.319. The highest BCUT2D eigenvalue weighted by Gasteiger charge is 2.26. The Bertz CT molecular complexity index is 706. The number of halogens is 1. The first-order chi connectivity index (χ1) is 9.43. The van der Waals surface area contributed by atoms with E-state index in [-0.39, 0.29) is 34.8 Å². The Kier molecular flexibility index (Phi) is 4.35. The molecule has 0 saturated carbocycles. The average Bonchev–Trinajstić information content (AvgIpc) is 2.37. The summed E-state index contributed by atoms with van der Waals surface area (Å²) in [6.07, 6.45) is 7.72. The zero-order valence-electron chi connectivity index (χ0n) is 10.7. The summed E-state index contributed by atoms with van der Waals surface area (Å²) in [4.78, 5) is 12.1. The maximum Gasteiger partial charge on any atom is 0.292 e. The van der Waals surface area contributed by atoms with E-state index in [0.717, 1.165) is 4.68 Å². The molecule has 0 radical (unpaired) electrons. The van der Waals surface area contributed by atoms with E-state index in [9.17, 15) is 13.2 Å². The zero-order chi connectivity index (χ0) is 14.8. The molecule has 1 aromatic rings. The molecule has 1 unspecified atom stereocenters. The van der Waals surface area contributed by atoms with Gasteiger partial charge in [-0.25, -0.2) is 13.1 Å². The number of hydrogen-bond donors (Lipinski definition) is 1. The van der Waals surface area contributed by atoms with Crippen LogP contribution in [0.15, 0.2) is 11.0 Å². The van der Waals surface area contributed by atoms with Crippen LogP contribution in [-0.2, 0) is 16.4 Å². The lowest BCUT2D eigenvalue weighted by Crippen LogP contribution is -2.37. The number of hydrogen-bond acceptors (Lipinski definition) is 5. The smallest absolute Gasteiger partial charge is 0.292 e. The molecule has 108 valence electrons. The molecule has 0 bridgehead atoms. The topological polar surface area (TPSA) is 81.1 Å². The predicted octanol–water partition coefficient (Wildman–Crippen LogP) is 0.519.